The summed E-state index contributed by atoms with van der Waals surface area (Å²) in [6, 6.07) is 1.46. The second-order valence-corrected chi connectivity index (χ2v) is 8.08. The maximum atomic E-state index is 3.77. The first-order valence-corrected chi connectivity index (χ1v) is 9.15. The predicted molar refractivity (Wildman–Crippen MR) is 91.7 cm³/mol. The van der Waals surface area contributed by atoms with Crippen LogP contribution in [0.2, 0.25) is 0 Å². The van der Waals surface area contributed by atoms with Crippen molar-refractivity contribution in [2.45, 2.75) is 66.0 Å². The van der Waals surface area contributed by atoms with Crippen LogP contribution in [0.3, 0.4) is 0 Å². The molecule has 0 aromatic heterocycles. The summed E-state index contributed by atoms with van der Waals surface area (Å²) in [5, 5.41) is 3.77. The lowest BCUT2D eigenvalue weighted by Crippen LogP contribution is -2.59. The molecule has 0 aromatic carbocycles. The number of hydrogen-bond acceptors (Lipinski definition) is 3. The minimum absolute atomic E-state index is 0.459. The van der Waals surface area contributed by atoms with Gasteiger partial charge in [0.05, 0.1) is 0 Å². The van der Waals surface area contributed by atoms with E-state index in [9.17, 15) is 0 Å². The highest BCUT2D eigenvalue weighted by molar-refractivity contribution is 4.95. The largest absolute Gasteiger partial charge is 0.313 e. The average molecular weight is 296 g/mol. The standard InChI is InChI=1S/C18H37N3/c1-6-19-16-9-8-15(18(3,4)5)14-17(16)21-12-10-20(7-2)11-13-21/h15-17,19H,6-14H2,1-5H3. The molecule has 0 bridgehead atoms. The van der Waals surface area contributed by atoms with Gasteiger partial charge in [-0.25, -0.2) is 0 Å². The number of hydrogen-bond donors (Lipinski definition) is 1. The zero-order valence-electron chi connectivity index (χ0n) is 15.0. The van der Waals surface area contributed by atoms with Crippen molar-refractivity contribution in [2.75, 3.05) is 39.3 Å². The van der Waals surface area contributed by atoms with Crippen molar-refractivity contribution in [1.29, 1.82) is 0 Å². The third kappa shape index (κ3) is 4.43. The topological polar surface area (TPSA) is 18.5 Å². The van der Waals surface area contributed by atoms with Crippen LogP contribution in [0.5, 0.6) is 0 Å². The molecule has 3 atom stereocenters. The summed E-state index contributed by atoms with van der Waals surface area (Å²) in [6.07, 6.45) is 4.13. The third-order valence-corrected chi connectivity index (χ3v) is 5.83. The summed E-state index contributed by atoms with van der Waals surface area (Å²) in [4.78, 5) is 5.38. The lowest BCUT2D eigenvalue weighted by Gasteiger charge is -2.48. The van der Waals surface area contributed by atoms with Crippen LogP contribution < -0.4 is 5.32 Å². The van der Waals surface area contributed by atoms with E-state index < -0.39 is 0 Å². The minimum Gasteiger partial charge on any atom is -0.313 e. The number of nitrogens with one attached hydrogen (secondary N) is 1. The molecule has 1 aliphatic heterocycles. The Balaban J connectivity index is 2.00. The fourth-order valence-electron chi connectivity index (χ4n) is 4.25. The molecule has 2 fully saturated rings. The minimum atomic E-state index is 0.459. The van der Waals surface area contributed by atoms with Gasteiger partial charge in [-0.3, -0.25) is 4.90 Å². The lowest BCUT2D eigenvalue weighted by atomic mass is 9.69. The number of nitrogens with zero attached hydrogens (tertiary/aromatic N) is 2. The molecule has 3 heteroatoms. The maximum Gasteiger partial charge on any atom is 0.0253 e. The molecule has 124 valence electrons. The molecule has 1 saturated heterocycles. The van der Waals surface area contributed by atoms with E-state index in [4.69, 9.17) is 0 Å². The van der Waals surface area contributed by atoms with Gasteiger partial charge in [0.15, 0.2) is 0 Å². The molecular formula is C18H37N3. The van der Waals surface area contributed by atoms with E-state index in [2.05, 4.69) is 49.7 Å². The zero-order valence-corrected chi connectivity index (χ0v) is 15.0. The van der Waals surface area contributed by atoms with Gasteiger partial charge in [0.1, 0.15) is 0 Å². The molecule has 1 heterocycles. The van der Waals surface area contributed by atoms with E-state index in [0.717, 1.165) is 18.5 Å². The summed E-state index contributed by atoms with van der Waals surface area (Å²) in [7, 11) is 0. The first kappa shape index (κ1) is 17.2. The van der Waals surface area contributed by atoms with Crippen molar-refractivity contribution in [3.05, 3.63) is 0 Å². The summed E-state index contributed by atoms with van der Waals surface area (Å²) < 4.78 is 0. The van der Waals surface area contributed by atoms with Crippen molar-refractivity contribution in [3.8, 4) is 0 Å². The van der Waals surface area contributed by atoms with Crippen LogP contribution in [0, 0.1) is 11.3 Å². The van der Waals surface area contributed by atoms with Crippen LogP contribution in [0.25, 0.3) is 0 Å². The molecule has 0 aromatic rings. The van der Waals surface area contributed by atoms with Gasteiger partial charge in [-0.1, -0.05) is 34.6 Å². The zero-order chi connectivity index (χ0) is 15.5. The van der Waals surface area contributed by atoms with Crippen LogP contribution in [-0.4, -0.2) is 61.2 Å². The summed E-state index contributed by atoms with van der Waals surface area (Å²) in [5.41, 5.74) is 0.459. The van der Waals surface area contributed by atoms with Gasteiger partial charge in [0, 0.05) is 38.3 Å². The maximum absolute atomic E-state index is 3.77. The number of rotatable bonds is 4. The summed E-state index contributed by atoms with van der Waals surface area (Å²) in [5.74, 6) is 0.876. The molecule has 2 aliphatic rings. The van der Waals surface area contributed by atoms with Gasteiger partial charge in [-0.15, -0.1) is 0 Å². The molecular weight excluding hydrogens is 258 g/mol. The predicted octanol–water partition coefficient (Wildman–Crippen LogP) is 2.82. The summed E-state index contributed by atoms with van der Waals surface area (Å²) in [6.45, 7) is 19.2. The Hall–Kier alpha value is -0.120. The molecule has 3 unspecified atom stereocenters. The van der Waals surface area contributed by atoms with Crippen molar-refractivity contribution in [1.82, 2.24) is 15.1 Å². The Morgan fingerprint density at radius 2 is 1.67 bits per heavy atom. The fourth-order valence-corrected chi connectivity index (χ4v) is 4.25. The van der Waals surface area contributed by atoms with Crippen LogP contribution in [0.15, 0.2) is 0 Å². The molecule has 3 nitrogen and oxygen atoms in total. The van der Waals surface area contributed by atoms with Gasteiger partial charge in [-0.05, 0) is 43.7 Å². The van der Waals surface area contributed by atoms with Gasteiger partial charge in [0.25, 0.3) is 0 Å². The molecule has 0 radical (unpaired) electrons. The first-order valence-electron chi connectivity index (χ1n) is 9.15. The van der Waals surface area contributed by atoms with E-state index in [0.29, 0.717) is 11.5 Å². The van der Waals surface area contributed by atoms with Crippen molar-refractivity contribution in [3.63, 3.8) is 0 Å². The molecule has 0 amide bonds. The highest BCUT2D eigenvalue weighted by Gasteiger charge is 2.38. The van der Waals surface area contributed by atoms with Crippen LogP contribution in [-0.2, 0) is 0 Å². The Labute approximate surface area is 132 Å². The Kier molecular flexibility index (Phi) is 6.10. The van der Waals surface area contributed by atoms with Crippen molar-refractivity contribution >= 4 is 0 Å². The van der Waals surface area contributed by atoms with E-state index in [1.807, 2.05) is 0 Å². The second kappa shape index (κ2) is 7.43. The summed E-state index contributed by atoms with van der Waals surface area (Å²) >= 11 is 0. The highest BCUT2D eigenvalue weighted by atomic mass is 15.3. The highest BCUT2D eigenvalue weighted by Crippen LogP contribution is 2.39. The molecule has 1 aliphatic carbocycles. The van der Waals surface area contributed by atoms with Gasteiger partial charge >= 0.3 is 0 Å². The number of piperazine rings is 1. The Morgan fingerprint density at radius 3 is 2.19 bits per heavy atom. The van der Waals surface area contributed by atoms with E-state index >= 15 is 0 Å². The molecule has 2 rings (SSSR count). The van der Waals surface area contributed by atoms with Gasteiger partial charge in [0.2, 0.25) is 0 Å². The Bertz CT molecular complexity index is 302. The SMILES string of the molecule is CCNC1CCC(C(C)(C)C)CC1N1CCN(CC)CC1. The van der Waals surface area contributed by atoms with Crippen molar-refractivity contribution in [2.24, 2.45) is 11.3 Å². The second-order valence-electron chi connectivity index (χ2n) is 8.08. The van der Waals surface area contributed by atoms with E-state index in [1.54, 1.807) is 0 Å². The third-order valence-electron chi connectivity index (χ3n) is 5.83. The molecule has 1 N–H and O–H groups in total. The Morgan fingerprint density at radius 1 is 1.00 bits per heavy atom. The van der Waals surface area contributed by atoms with Crippen LogP contribution in [0.1, 0.15) is 53.9 Å². The normalized spacial score (nSPS) is 33.3. The fraction of sp³-hybridized carbons (Fsp3) is 1.00. The molecule has 21 heavy (non-hydrogen) atoms. The van der Waals surface area contributed by atoms with Gasteiger partial charge in [-0.2, -0.15) is 0 Å². The molecule has 0 spiro atoms. The smallest absolute Gasteiger partial charge is 0.0253 e. The lowest BCUT2D eigenvalue weighted by molar-refractivity contribution is 0.0281. The number of likely N-dealkylation sites (N-methyl/N-ethyl adjacent to an activating group) is 2. The van der Waals surface area contributed by atoms with Crippen molar-refractivity contribution < 1.29 is 0 Å². The monoisotopic (exact) mass is 295 g/mol. The quantitative estimate of drug-likeness (QED) is 0.860. The first-order chi connectivity index (χ1) is 9.95. The van der Waals surface area contributed by atoms with Crippen LogP contribution in [0.4, 0.5) is 0 Å². The van der Waals surface area contributed by atoms with Gasteiger partial charge < -0.3 is 10.2 Å². The molecule has 1 saturated carbocycles. The van der Waals surface area contributed by atoms with E-state index in [-0.39, 0.29) is 0 Å². The average Bonchev–Trinajstić information content (AvgIpc) is 2.47. The van der Waals surface area contributed by atoms with Crippen LogP contribution >= 0.6 is 0 Å². The van der Waals surface area contributed by atoms with E-state index in [1.165, 1.54) is 52.0 Å².